The van der Waals surface area contributed by atoms with Gasteiger partial charge < -0.3 is 25.2 Å². The van der Waals surface area contributed by atoms with Gasteiger partial charge in [0.1, 0.15) is 24.4 Å². The maximum Gasteiger partial charge on any atom is 0.408 e. The van der Waals surface area contributed by atoms with Crippen molar-refractivity contribution >= 4 is 18.0 Å². The zero-order chi connectivity index (χ0) is 25.0. The lowest BCUT2D eigenvalue weighted by Crippen LogP contribution is -2.53. The summed E-state index contributed by atoms with van der Waals surface area (Å²) in [6.07, 6.45) is -0.558. The number of methoxy groups -OCH3 is 1. The van der Waals surface area contributed by atoms with Gasteiger partial charge in [-0.2, -0.15) is 0 Å². The molecule has 3 aromatic carbocycles. The van der Waals surface area contributed by atoms with Gasteiger partial charge in [0, 0.05) is 12.8 Å². The number of hydrogen-bond donors (Lipinski definition) is 3. The second kappa shape index (κ2) is 12.8. The van der Waals surface area contributed by atoms with Crippen LogP contribution in [0.3, 0.4) is 0 Å². The van der Waals surface area contributed by atoms with Crippen molar-refractivity contribution in [1.29, 1.82) is 0 Å². The van der Waals surface area contributed by atoms with E-state index in [0.717, 1.165) is 11.1 Å². The fourth-order valence-corrected chi connectivity index (χ4v) is 3.47. The van der Waals surface area contributed by atoms with Crippen LogP contribution in [-0.4, -0.2) is 42.3 Å². The summed E-state index contributed by atoms with van der Waals surface area (Å²) in [4.78, 5) is 37.5. The summed E-state index contributed by atoms with van der Waals surface area (Å²) < 4.78 is 10.4. The molecule has 35 heavy (non-hydrogen) atoms. The Morgan fingerprint density at radius 3 is 2.00 bits per heavy atom. The first kappa shape index (κ1) is 25.3. The predicted molar refractivity (Wildman–Crippen MR) is 130 cm³/mol. The molecular weight excluding hydrogens is 448 g/mol. The molecule has 8 nitrogen and oxygen atoms in total. The Labute approximate surface area is 203 Å². The average Bonchev–Trinajstić information content (AvgIpc) is 2.88. The highest BCUT2D eigenvalue weighted by Gasteiger charge is 2.27. The van der Waals surface area contributed by atoms with Crippen molar-refractivity contribution in [2.24, 2.45) is 0 Å². The Bertz CT molecular complexity index is 1120. The third-order valence-electron chi connectivity index (χ3n) is 5.29. The summed E-state index contributed by atoms with van der Waals surface area (Å²) in [5, 5.41) is 14.8. The molecule has 0 spiro atoms. The monoisotopic (exact) mass is 476 g/mol. The molecule has 2 amide bonds. The van der Waals surface area contributed by atoms with E-state index >= 15 is 0 Å². The maximum atomic E-state index is 13.1. The minimum absolute atomic E-state index is 0.0416. The molecule has 0 unspecified atom stereocenters. The van der Waals surface area contributed by atoms with Crippen LogP contribution in [0.15, 0.2) is 84.9 Å². The summed E-state index contributed by atoms with van der Waals surface area (Å²) in [6, 6.07) is 23.0. The highest BCUT2D eigenvalue weighted by Crippen LogP contribution is 2.14. The van der Waals surface area contributed by atoms with Crippen LogP contribution in [0.1, 0.15) is 16.7 Å². The molecule has 3 N–H and O–H groups in total. The average molecular weight is 477 g/mol. The Hall–Kier alpha value is -4.33. The first-order valence-corrected chi connectivity index (χ1v) is 11.1. The first-order valence-electron chi connectivity index (χ1n) is 11.1. The van der Waals surface area contributed by atoms with E-state index in [1.54, 1.807) is 24.3 Å². The lowest BCUT2D eigenvalue weighted by Gasteiger charge is -2.22. The van der Waals surface area contributed by atoms with Gasteiger partial charge in [0.25, 0.3) is 0 Å². The third kappa shape index (κ3) is 8.19. The van der Waals surface area contributed by atoms with Crippen LogP contribution in [-0.2, 0) is 33.8 Å². The molecule has 0 radical (unpaired) electrons. The Morgan fingerprint density at radius 2 is 1.37 bits per heavy atom. The molecule has 182 valence electrons. The van der Waals surface area contributed by atoms with E-state index in [-0.39, 0.29) is 19.4 Å². The van der Waals surface area contributed by atoms with E-state index < -0.39 is 30.1 Å². The molecule has 0 aromatic heterocycles. The number of hydrogen-bond acceptors (Lipinski definition) is 5. The van der Waals surface area contributed by atoms with Gasteiger partial charge >= 0.3 is 12.1 Å². The van der Waals surface area contributed by atoms with Crippen LogP contribution in [0.4, 0.5) is 4.79 Å². The summed E-state index contributed by atoms with van der Waals surface area (Å²) in [5.74, 6) is -1.23. The van der Waals surface area contributed by atoms with Crippen molar-refractivity contribution in [3.8, 4) is 5.75 Å². The van der Waals surface area contributed by atoms with Crippen LogP contribution >= 0.6 is 0 Å². The quantitative estimate of drug-likeness (QED) is 0.391. The third-order valence-corrected chi connectivity index (χ3v) is 5.29. The van der Waals surface area contributed by atoms with Gasteiger partial charge in [-0.1, -0.05) is 72.8 Å². The van der Waals surface area contributed by atoms with Crippen LogP contribution in [0.5, 0.6) is 5.75 Å². The minimum atomic E-state index is -1.20. The van der Waals surface area contributed by atoms with Gasteiger partial charge in [-0.15, -0.1) is 0 Å². The first-order chi connectivity index (χ1) is 16.9. The van der Waals surface area contributed by atoms with Crippen molar-refractivity contribution in [2.75, 3.05) is 7.11 Å². The largest absolute Gasteiger partial charge is 0.497 e. The highest BCUT2D eigenvalue weighted by molar-refractivity contribution is 5.89. The summed E-state index contributed by atoms with van der Waals surface area (Å²) >= 11 is 0. The zero-order valence-electron chi connectivity index (χ0n) is 19.3. The highest BCUT2D eigenvalue weighted by atomic mass is 16.5. The lowest BCUT2D eigenvalue weighted by molar-refractivity contribution is -0.142. The molecule has 0 aliphatic carbocycles. The number of carbonyl (C=O) groups is 3. The topological polar surface area (TPSA) is 114 Å². The van der Waals surface area contributed by atoms with Gasteiger partial charge in [-0.05, 0) is 28.8 Å². The summed E-state index contributed by atoms with van der Waals surface area (Å²) in [5.41, 5.74) is 2.29. The van der Waals surface area contributed by atoms with Crippen molar-refractivity contribution in [1.82, 2.24) is 10.6 Å². The number of carbonyl (C=O) groups excluding carboxylic acids is 2. The van der Waals surface area contributed by atoms with Crippen molar-refractivity contribution in [2.45, 2.75) is 31.5 Å². The molecule has 2 atom stereocenters. The molecule has 0 saturated carbocycles. The van der Waals surface area contributed by atoms with Crippen LogP contribution < -0.4 is 15.4 Å². The smallest absolute Gasteiger partial charge is 0.408 e. The summed E-state index contributed by atoms with van der Waals surface area (Å²) in [6.45, 7) is 0.0416. The normalized spacial score (nSPS) is 12.1. The Balaban J connectivity index is 1.69. The fraction of sp³-hybridized carbons (Fsp3) is 0.222. The van der Waals surface area contributed by atoms with E-state index in [4.69, 9.17) is 9.47 Å². The number of nitrogens with one attached hydrogen (secondary N) is 2. The fourth-order valence-electron chi connectivity index (χ4n) is 3.47. The number of carboxylic acid groups (broad SMARTS) is 1. The molecule has 3 rings (SSSR count). The molecule has 0 saturated heterocycles. The number of ether oxygens (including phenoxy) is 2. The van der Waals surface area contributed by atoms with Gasteiger partial charge in [0.15, 0.2) is 0 Å². The standard InChI is InChI=1S/C27H28N2O6/c1-34-22-14-8-13-21(15-22)17-24(26(31)32)28-25(30)23(16-19-9-4-2-5-10-19)29-27(33)35-18-20-11-6-3-7-12-20/h2-15,23-24H,16-18H2,1H3,(H,28,30)(H,29,33)(H,31,32)/t23-,24-/m0/s1. The number of amides is 2. The van der Waals surface area contributed by atoms with E-state index in [1.807, 2.05) is 60.7 Å². The lowest BCUT2D eigenvalue weighted by atomic mass is 10.0. The van der Waals surface area contributed by atoms with Crippen molar-refractivity contribution in [3.63, 3.8) is 0 Å². The van der Waals surface area contributed by atoms with E-state index in [1.165, 1.54) is 7.11 Å². The SMILES string of the molecule is COc1cccc(C[C@H](NC(=O)[C@H](Cc2ccccc2)NC(=O)OCc2ccccc2)C(=O)O)c1. The van der Waals surface area contributed by atoms with Crippen molar-refractivity contribution < 1.29 is 29.0 Å². The number of benzene rings is 3. The zero-order valence-corrected chi connectivity index (χ0v) is 19.3. The molecule has 0 heterocycles. The van der Waals surface area contributed by atoms with E-state index in [0.29, 0.717) is 11.3 Å². The molecule has 0 aliphatic rings. The van der Waals surface area contributed by atoms with Crippen molar-refractivity contribution in [3.05, 3.63) is 102 Å². The number of alkyl carbamates (subject to hydrolysis) is 1. The van der Waals surface area contributed by atoms with E-state index in [9.17, 15) is 19.5 Å². The second-order valence-corrected chi connectivity index (χ2v) is 7.90. The number of rotatable bonds is 11. The summed E-state index contributed by atoms with van der Waals surface area (Å²) in [7, 11) is 1.52. The van der Waals surface area contributed by atoms with Gasteiger partial charge in [-0.3, -0.25) is 4.79 Å². The number of aliphatic carboxylic acids is 1. The molecule has 0 aliphatic heterocycles. The molecule has 8 heteroatoms. The molecule has 3 aromatic rings. The van der Waals surface area contributed by atoms with Crippen LogP contribution in [0.25, 0.3) is 0 Å². The Kier molecular flexibility index (Phi) is 9.24. The number of carboxylic acids is 1. The predicted octanol–water partition coefficient (Wildman–Crippen LogP) is 3.34. The van der Waals surface area contributed by atoms with Gasteiger partial charge in [0.2, 0.25) is 5.91 Å². The Morgan fingerprint density at radius 1 is 0.771 bits per heavy atom. The minimum Gasteiger partial charge on any atom is -0.497 e. The van der Waals surface area contributed by atoms with E-state index in [2.05, 4.69) is 10.6 Å². The van der Waals surface area contributed by atoms with Gasteiger partial charge in [0.05, 0.1) is 7.11 Å². The molecular formula is C27H28N2O6. The molecule has 0 fully saturated rings. The van der Waals surface area contributed by atoms with Crippen LogP contribution in [0, 0.1) is 0 Å². The van der Waals surface area contributed by atoms with Crippen LogP contribution in [0.2, 0.25) is 0 Å². The molecule has 0 bridgehead atoms. The van der Waals surface area contributed by atoms with Gasteiger partial charge in [-0.25, -0.2) is 9.59 Å². The maximum absolute atomic E-state index is 13.1. The second-order valence-electron chi connectivity index (χ2n) is 7.90.